The number of hydrogen-bond acceptors (Lipinski definition) is 5. The molecule has 2 N–H and O–H groups in total. The fraction of sp³-hybridized carbons (Fsp3) is 0. The van der Waals surface area contributed by atoms with E-state index < -0.39 is 26.9 Å². The molecule has 0 atom stereocenters. The number of benzene rings is 1. The van der Waals surface area contributed by atoms with Crippen LogP contribution >= 0.6 is 0 Å². The van der Waals surface area contributed by atoms with Gasteiger partial charge in [0.2, 0.25) is 5.09 Å². The van der Waals surface area contributed by atoms with Gasteiger partial charge < -0.3 is 4.42 Å². The highest BCUT2D eigenvalue weighted by Crippen LogP contribution is 2.11. The molecule has 0 saturated carbocycles. The molecule has 0 saturated heterocycles. The van der Waals surface area contributed by atoms with Gasteiger partial charge in [-0.25, -0.2) is 9.82 Å². The van der Waals surface area contributed by atoms with Crippen molar-refractivity contribution in [2.45, 2.75) is 5.09 Å². The molecule has 110 valence electrons. The Bertz CT molecular complexity index is 797. The van der Waals surface area contributed by atoms with Gasteiger partial charge in [0, 0.05) is 0 Å². The summed E-state index contributed by atoms with van der Waals surface area (Å²) in [6.07, 6.45) is 1.01. The summed E-state index contributed by atoms with van der Waals surface area (Å²) in [5.74, 6) is -1.49. The van der Waals surface area contributed by atoms with E-state index in [1.807, 2.05) is 0 Å². The number of carbonyl (C=O) groups is 1. The summed E-state index contributed by atoms with van der Waals surface area (Å²) in [4.78, 5) is 11.6. The third-order valence-electron chi connectivity index (χ3n) is 2.33. The number of nitrogens with one attached hydrogen (secondary N) is 1. The van der Waals surface area contributed by atoms with Gasteiger partial charge in [0.1, 0.15) is 11.6 Å². The maximum Gasteiger partial charge on any atom is 0.328 e. The fourth-order valence-electron chi connectivity index (χ4n) is 1.40. The Morgan fingerprint density at radius 3 is 2.62 bits per heavy atom. The van der Waals surface area contributed by atoms with Crippen LogP contribution in [0.3, 0.4) is 0 Å². The summed E-state index contributed by atoms with van der Waals surface area (Å²) >= 11 is 0. The molecule has 1 aromatic heterocycles. The van der Waals surface area contributed by atoms with Gasteiger partial charge in [0.05, 0.1) is 11.8 Å². The average Bonchev–Trinajstić information content (AvgIpc) is 2.88. The van der Waals surface area contributed by atoms with Crippen molar-refractivity contribution in [3.8, 4) is 0 Å². The smallest absolute Gasteiger partial charge is 0.328 e. The average molecular weight is 312 g/mol. The third kappa shape index (κ3) is 3.74. The van der Waals surface area contributed by atoms with Gasteiger partial charge in [-0.05, 0) is 24.3 Å². The molecule has 0 aliphatic carbocycles. The summed E-state index contributed by atoms with van der Waals surface area (Å²) in [6.45, 7) is 0. The molecule has 1 aromatic carbocycles. The Morgan fingerprint density at radius 1 is 1.29 bits per heavy atom. The minimum atomic E-state index is -4.44. The summed E-state index contributed by atoms with van der Waals surface area (Å²) < 4.78 is 48.3. The van der Waals surface area contributed by atoms with Gasteiger partial charge in [-0.15, -0.1) is 0 Å². The standard InChI is InChI=1S/C12H9FN2O5S/c13-10-4-2-1-3-9(10)12(16)15-14-7-8-5-6-11(20-8)21(17,18)19/h1-7H,(H,15,16)(H,17,18,19)/b14-7+. The molecule has 0 spiro atoms. The van der Waals surface area contributed by atoms with Gasteiger partial charge in [0.25, 0.3) is 5.91 Å². The molecule has 1 heterocycles. The van der Waals surface area contributed by atoms with Crippen LogP contribution in [0.25, 0.3) is 0 Å². The predicted molar refractivity (Wildman–Crippen MR) is 70.0 cm³/mol. The quantitative estimate of drug-likeness (QED) is 0.504. The van der Waals surface area contributed by atoms with Crippen molar-refractivity contribution < 1.29 is 26.6 Å². The lowest BCUT2D eigenvalue weighted by molar-refractivity contribution is 0.0951. The van der Waals surface area contributed by atoms with Crippen molar-refractivity contribution in [2.75, 3.05) is 0 Å². The molecule has 0 aliphatic heterocycles. The number of amides is 1. The number of nitrogens with zero attached hydrogens (tertiary/aromatic N) is 1. The van der Waals surface area contributed by atoms with Gasteiger partial charge in [0.15, 0.2) is 0 Å². The van der Waals surface area contributed by atoms with E-state index in [0.717, 1.165) is 18.3 Å². The Balaban J connectivity index is 2.05. The van der Waals surface area contributed by atoms with Crippen molar-refractivity contribution >= 4 is 22.2 Å². The van der Waals surface area contributed by atoms with E-state index >= 15 is 0 Å². The zero-order valence-corrected chi connectivity index (χ0v) is 11.2. The largest absolute Gasteiger partial charge is 0.441 e. The predicted octanol–water partition coefficient (Wildman–Crippen LogP) is 1.43. The molecule has 7 nitrogen and oxygen atoms in total. The van der Waals surface area contributed by atoms with E-state index in [4.69, 9.17) is 8.97 Å². The highest BCUT2D eigenvalue weighted by atomic mass is 32.2. The van der Waals surface area contributed by atoms with Gasteiger partial charge in [-0.3, -0.25) is 9.35 Å². The van der Waals surface area contributed by atoms with Crippen LogP contribution in [0.1, 0.15) is 16.1 Å². The van der Waals surface area contributed by atoms with Crippen LogP contribution in [0.2, 0.25) is 0 Å². The molecular formula is C12H9FN2O5S. The Morgan fingerprint density at radius 2 is 2.00 bits per heavy atom. The molecular weight excluding hydrogens is 303 g/mol. The van der Waals surface area contributed by atoms with Crippen molar-refractivity contribution in [3.05, 3.63) is 53.5 Å². The highest BCUT2D eigenvalue weighted by Gasteiger charge is 2.14. The zero-order valence-electron chi connectivity index (χ0n) is 10.4. The summed E-state index contributed by atoms with van der Waals surface area (Å²) in [7, 11) is -4.44. The van der Waals surface area contributed by atoms with E-state index in [9.17, 15) is 17.6 Å². The first-order chi connectivity index (χ1) is 9.88. The maximum atomic E-state index is 13.3. The number of hydrazone groups is 1. The van der Waals surface area contributed by atoms with Crippen LogP contribution in [-0.2, 0) is 10.1 Å². The lowest BCUT2D eigenvalue weighted by Gasteiger charge is -2.00. The van der Waals surface area contributed by atoms with E-state index in [0.29, 0.717) is 0 Å². The van der Waals surface area contributed by atoms with E-state index in [-0.39, 0.29) is 11.3 Å². The SMILES string of the molecule is O=C(N/N=C/c1ccc(S(=O)(=O)O)o1)c1ccccc1F. The van der Waals surface area contributed by atoms with Crippen LogP contribution in [0, 0.1) is 5.82 Å². The van der Waals surface area contributed by atoms with E-state index in [1.165, 1.54) is 24.3 Å². The lowest BCUT2D eigenvalue weighted by Crippen LogP contribution is -2.18. The Labute approximate surface area is 118 Å². The summed E-state index contributed by atoms with van der Waals surface area (Å²) in [6, 6.07) is 7.59. The van der Waals surface area contributed by atoms with Gasteiger partial charge in [-0.1, -0.05) is 12.1 Å². The number of halogens is 1. The van der Waals surface area contributed by atoms with Gasteiger partial charge >= 0.3 is 10.1 Å². The molecule has 0 fully saturated rings. The van der Waals surface area contributed by atoms with E-state index in [2.05, 4.69) is 10.5 Å². The maximum absolute atomic E-state index is 13.3. The minimum Gasteiger partial charge on any atom is -0.441 e. The number of hydrogen-bond donors (Lipinski definition) is 2. The second-order valence-corrected chi connectivity index (χ2v) is 5.16. The van der Waals surface area contributed by atoms with Crippen LogP contribution in [0.15, 0.2) is 51.0 Å². The first-order valence-electron chi connectivity index (χ1n) is 5.53. The number of carbonyl (C=O) groups excluding carboxylic acids is 1. The van der Waals surface area contributed by atoms with Crippen LogP contribution in [0.5, 0.6) is 0 Å². The first kappa shape index (κ1) is 14.9. The van der Waals surface area contributed by atoms with E-state index in [1.54, 1.807) is 0 Å². The van der Waals surface area contributed by atoms with Crippen molar-refractivity contribution in [1.29, 1.82) is 0 Å². The number of rotatable bonds is 4. The second-order valence-electron chi connectivity index (χ2n) is 3.81. The normalized spacial score (nSPS) is 11.7. The zero-order chi connectivity index (χ0) is 15.5. The third-order valence-corrected chi connectivity index (χ3v) is 3.06. The molecule has 9 heteroatoms. The van der Waals surface area contributed by atoms with Gasteiger partial charge in [-0.2, -0.15) is 13.5 Å². The second kappa shape index (κ2) is 5.85. The molecule has 0 bridgehead atoms. The number of furan rings is 1. The van der Waals surface area contributed by atoms with Crippen LogP contribution in [0.4, 0.5) is 4.39 Å². The molecule has 2 aromatic rings. The monoisotopic (exact) mass is 312 g/mol. The fourth-order valence-corrected chi connectivity index (χ4v) is 1.84. The highest BCUT2D eigenvalue weighted by molar-refractivity contribution is 7.85. The lowest BCUT2D eigenvalue weighted by atomic mass is 10.2. The molecule has 0 unspecified atom stereocenters. The van der Waals surface area contributed by atoms with Crippen LogP contribution in [-0.4, -0.2) is 25.1 Å². The Hall–Kier alpha value is -2.52. The van der Waals surface area contributed by atoms with Crippen molar-refractivity contribution in [3.63, 3.8) is 0 Å². The molecule has 21 heavy (non-hydrogen) atoms. The minimum absolute atomic E-state index is 0.0172. The topological polar surface area (TPSA) is 109 Å². The first-order valence-corrected chi connectivity index (χ1v) is 6.97. The Kier molecular flexibility index (Phi) is 4.15. The molecule has 0 radical (unpaired) electrons. The van der Waals surface area contributed by atoms with Crippen molar-refractivity contribution in [1.82, 2.24) is 5.43 Å². The molecule has 0 aliphatic rings. The summed E-state index contributed by atoms with van der Waals surface area (Å²) in [5, 5.41) is 2.84. The van der Waals surface area contributed by atoms with Crippen LogP contribution < -0.4 is 5.43 Å². The van der Waals surface area contributed by atoms with Crippen molar-refractivity contribution in [2.24, 2.45) is 5.10 Å². The molecule has 2 rings (SSSR count). The molecule has 1 amide bonds. The summed E-state index contributed by atoms with van der Waals surface area (Å²) in [5.41, 5.74) is 1.87.